The molecule has 176 valence electrons. The van der Waals surface area contributed by atoms with Crippen molar-refractivity contribution in [3.63, 3.8) is 0 Å². The molecule has 32 heavy (non-hydrogen) atoms. The summed E-state index contributed by atoms with van der Waals surface area (Å²) in [5, 5.41) is 1.74. The third-order valence-electron chi connectivity index (χ3n) is 5.51. The predicted molar refractivity (Wildman–Crippen MR) is 134 cm³/mol. The maximum absolute atomic E-state index is 13.3. The largest absolute Gasteiger partial charge is 0.474 e. The lowest BCUT2D eigenvalue weighted by atomic mass is 9.85. The Labute approximate surface area is 200 Å². The van der Waals surface area contributed by atoms with E-state index in [2.05, 4.69) is 45.6 Å². The van der Waals surface area contributed by atoms with Crippen molar-refractivity contribution in [1.29, 1.82) is 0 Å². The second-order valence-electron chi connectivity index (χ2n) is 10.8. The van der Waals surface area contributed by atoms with E-state index < -0.39 is 5.60 Å². The molecule has 1 aliphatic carbocycles. The lowest BCUT2D eigenvalue weighted by Crippen LogP contribution is -2.36. The molecule has 0 unspecified atom stereocenters. The Kier molecular flexibility index (Phi) is 7.33. The van der Waals surface area contributed by atoms with Gasteiger partial charge >= 0.3 is 6.09 Å². The zero-order valence-corrected chi connectivity index (χ0v) is 21.9. The zero-order chi connectivity index (χ0) is 23.7. The number of fused-ring (bicyclic) bond motifs is 1. The van der Waals surface area contributed by atoms with Gasteiger partial charge in [0, 0.05) is 23.0 Å². The summed E-state index contributed by atoms with van der Waals surface area (Å²) in [6.07, 6.45) is 3.37. The molecular weight excluding hydrogens is 468 g/mol. The normalized spacial score (nSPS) is 14.8. The third kappa shape index (κ3) is 6.31. The van der Waals surface area contributed by atoms with Gasteiger partial charge in [-0.2, -0.15) is 0 Å². The average molecular weight is 505 g/mol. The van der Waals surface area contributed by atoms with Crippen molar-refractivity contribution in [3.8, 4) is 0 Å². The molecule has 1 saturated carbocycles. The molecule has 0 amide bonds. The Balaban J connectivity index is 2.00. The molecule has 0 radical (unpaired) electrons. The number of halogens is 1. The third-order valence-corrected chi connectivity index (χ3v) is 6.16. The first-order valence-corrected chi connectivity index (χ1v) is 12.5. The van der Waals surface area contributed by atoms with Crippen LogP contribution in [-0.4, -0.2) is 33.3 Å². The standard InChI is InChI=1S/C26H37BrN2O3/c1-18(31-25(2,3)4)28(16-19-9-8-10-19)17-22-14-21-12-11-20(15-27)13-23(21)29(22)24(30)32-26(5,6)7/h11-14,19H,1,8-10,15-17H2,2-7H3. The van der Waals surface area contributed by atoms with E-state index in [-0.39, 0.29) is 11.7 Å². The molecule has 5 nitrogen and oxygen atoms in total. The molecule has 3 rings (SSSR count). The van der Waals surface area contributed by atoms with Crippen molar-refractivity contribution in [1.82, 2.24) is 9.47 Å². The second kappa shape index (κ2) is 9.50. The van der Waals surface area contributed by atoms with E-state index in [4.69, 9.17) is 9.47 Å². The monoisotopic (exact) mass is 504 g/mol. The lowest BCUT2D eigenvalue weighted by Gasteiger charge is -2.36. The van der Waals surface area contributed by atoms with Crippen LogP contribution in [0.25, 0.3) is 10.9 Å². The van der Waals surface area contributed by atoms with E-state index in [1.807, 2.05) is 47.6 Å². The van der Waals surface area contributed by atoms with Crippen LogP contribution in [0.1, 0.15) is 72.1 Å². The minimum atomic E-state index is -0.581. The van der Waals surface area contributed by atoms with Crippen LogP contribution in [0.15, 0.2) is 36.7 Å². The predicted octanol–water partition coefficient (Wildman–Crippen LogP) is 7.21. The van der Waals surface area contributed by atoms with Crippen molar-refractivity contribution >= 4 is 32.9 Å². The summed E-state index contributed by atoms with van der Waals surface area (Å²) in [7, 11) is 0. The average Bonchev–Trinajstić information content (AvgIpc) is 2.97. The van der Waals surface area contributed by atoms with Crippen LogP contribution in [-0.2, 0) is 21.3 Å². The minimum absolute atomic E-state index is 0.336. The maximum Gasteiger partial charge on any atom is 0.419 e. The number of aromatic nitrogens is 1. The van der Waals surface area contributed by atoms with Crippen LogP contribution in [0.5, 0.6) is 0 Å². The quantitative estimate of drug-likeness (QED) is 0.295. The first kappa shape index (κ1) is 24.7. The summed E-state index contributed by atoms with van der Waals surface area (Å²) in [5.74, 6) is 1.28. The van der Waals surface area contributed by atoms with Gasteiger partial charge in [0.05, 0.1) is 12.1 Å². The molecule has 2 aromatic rings. The smallest absolute Gasteiger partial charge is 0.419 e. The number of ether oxygens (including phenoxy) is 2. The molecule has 0 spiro atoms. The van der Waals surface area contributed by atoms with Crippen LogP contribution < -0.4 is 0 Å². The molecule has 0 bridgehead atoms. The van der Waals surface area contributed by atoms with Gasteiger partial charge in [-0.3, -0.25) is 0 Å². The Hall–Kier alpha value is -1.95. The Morgan fingerprint density at radius 3 is 2.31 bits per heavy atom. The van der Waals surface area contributed by atoms with Gasteiger partial charge in [-0.25, -0.2) is 9.36 Å². The van der Waals surface area contributed by atoms with Crippen LogP contribution in [0.2, 0.25) is 0 Å². The molecular formula is C26H37BrN2O3. The van der Waals surface area contributed by atoms with Gasteiger partial charge < -0.3 is 14.4 Å². The summed E-state index contributed by atoms with van der Waals surface area (Å²) in [4.78, 5) is 15.5. The number of carbonyl (C=O) groups excluding carboxylic acids is 1. The van der Waals surface area contributed by atoms with Gasteiger partial charge in [0.25, 0.3) is 0 Å². The number of benzene rings is 1. The molecule has 0 saturated heterocycles. The number of carbonyl (C=O) groups is 1. The fourth-order valence-corrected chi connectivity index (χ4v) is 4.23. The summed E-state index contributed by atoms with van der Waals surface area (Å²) in [6.45, 7) is 17.4. The SMILES string of the molecule is C=C(OC(C)(C)C)N(Cc1cc2ccc(CBr)cc2n1C(=O)OC(C)(C)C)CC1CCC1. The van der Waals surface area contributed by atoms with Crippen molar-refractivity contribution in [3.05, 3.63) is 48.0 Å². The highest BCUT2D eigenvalue weighted by Crippen LogP contribution is 2.31. The summed E-state index contributed by atoms with van der Waals surface area (Å²) in [6, 6.07) is 8.27. The van der Waals surface area contributed by atoms with Gasteiger partial charge in [0.1, 0.15) is 11.2 Å². The van der Waals surface area contributed by atoms with Crippen molar-refractivity contribution in [2.75, 3.05) is 6.54 Å². The Morgan fingerprint density at radius 2 is 1.78 bits per heavy atom. The van der Waals surface area contributed by atoms with Gasteiger partial charge in [-0.05, 0) is 84.6 Å². The maximum atomic E-state index is 13.3. The highest BCUT2D eigenvalue weighted by molar-refractivity contribution is 9.08. The van der Waals surface area contributed by atoms with Crippen LogP contribution in [0.3, 0.4) is 0 Å². The molecule has 1 aromatic heterocycles. The second-order valence-corrected chi connectivity index (χ2v) is 11.3. The van der Waals surface area contributed by atoms with E-state index in [0.717, 1.165) is 34.0 Å². The first-order chi connectivity index (χ1) is 14.9. The van der Waals surface area contributed by atoms with E-state index >= 15 is 0 Å². The van der Waals surface area contributed by atoms with E-state index in [1.54, 1.807) is 4.57 Å². The summed E-state index contributed by atoms with van der Waals surface area (Å²) in [5.41, 5.74) is 1.93. The van der Waals surface area contributed by atoms with Gasteiger partial charge in [-0.1, -0.05) is 34.5 Å². The number of hydrogen-bond acceptors (Lipinski definition) is 4. The Morgan fingerprint density at radius 1 is 1.12 bits per heavy atom. The van der Waals surface area contributed by atoms with E-state index in [9.17, 15) is 4.79 Å². The van der Waals surface area contributed by atoms with Gasteiger partial charge in [0.2, 0.25) is 0 Å². The first-order valence-electron chi connectivity index (χ1n) is 11.4. The van der Waals surface area contributed by atoms with Gasteiger partial charge in [-0.15, -0.1) is 0 Å². The Bertz CT molecular complexity index is 977. The highest BCUT2D eigenvalue weighted by atomic mass is 79.9. The van der Waals surface area contributed by atoms with Crippen molar-refractivity contribution < 1.29 is 14.3 Å². The number of rotatable bonds is 7. The molecule has 0 N–H and O–H groups in total. The lowest BCUT2D eigenvalue weighted by molar-refractivity contribution is -0.00761. The van der Waals surface area contributed by atoms with Gasteiger partial charge in [0.15, 0.2) is 5.88 Å². The fraction of sp³-hybridized carbons (Fsp3) is 0.577. The van der Waals surface area contributed by atoms with E-state index in [1.165, 1.54) is 19.3 Å². The number of nitrogens with zero attached hydrogens (tertiary/aromatic N) is 2. The van der Waals surface area contributed by atoms with Crippen LogP contribution in [0, 0.1) is 5.92 Å². The van der Waals surface area contributed by atoms with Crippen LogP contribution in [0.4, 0.5) is 4.79 Å². The van der Waals surface area contributed by atoms with Crippen LogP contribution >= 0.6 is 15.9 Å². The topological polar surface area (TPSA) is 43.7 Å². The summed E-state index contributed by atoms with van der Waals surface area (Å²) < 4.78 is 13.6. The van der Waals surface area contributed by atoms with Crippen molar-refractivity contribution in [2.24, 2.45) is 5.92 Å². The highest BCUT2D eigenvalue weighted by Gasteiger charge is 2.27. The number of alkyl halides is 1. The van der Waals surface area contributed by atoms with Crippen molar-refractivity contribution in [2.45, 2.75) is 83.9 Å². The molecule has 0 aliphatic heterocycles. The molecule has 1 aliphatic rings. The molecule has 1 aromatic carbocycles. The van der Waals surface area contributed by atoms with E-state index in [0.29, 0.717) is 18.3 Å². The minimum Gasteiger partial charge on any atom is -0.474 e. The molecule has 1 fully saturated rings. The fourth-order valence-electron chi connectivity index (χ4n) is 3.88. The zero-order valence-electron chi connectivity index (χ0n) is 20.3. The summed E-state index contributed by atoms with van der Waals surface area (Å²) >= 11 is 3.53. The molecule has 6 heteroatoms. The number of hydrogen-bond donors (Lipinski definition) is 0. The molecule has 0 atom stereocenters. The molecule has 1 heterocycles.